The van der Waals surface area contributed by atoms with E-state index in [1.807, 2.05) is 0 Å². The van der Waals surface area contributed by atoms with Crippen LogP contribution in [-0.4, -0.2) is 31.0 Å². The van der Waals surface area contributed by atoms with Crippen LogP contribution in [0, 0.1) is 0 Å². The van der Waals surface area contributed by atoms with Crippen molar-refractivity contribution in [2.45, 2.75) is 57.4 Å². The first kappa shape index (κ1) is 15.3. The standard InChI is InChI=1S/C11H23NO3Si/c1-16(2,3)8-4-5-10(13)9(12)6-7-11(14)15/h9H,4-8,12H2,1-3H3,(H,14,15)/t9-/m1/s1. The average molecular weight is 245 g/mol. The fourth-order valence-electron chi connectivity index (χ4n) is 1.42. The van der Waals surface area contributed by atoms with Gasteiger partial charge in [-0.1, -0.05) is 25.7 Å². The Balaban J connectivity index is 3.75. The Bertz CT molecular complexity index is 248. The Morgan fingerprint density at radius 2 is 1.81 bits per heavy atom. The third-order valence-electron chi connectivity index (χ3n) is 2.43. The van der Waals surface area contributed by atoms with E-state index in [1.165, 1.54) is 0 Å². The van der Waals surface area contributed by atoms with Gasteiger partial charge in [-0.05, 0) is 12.8 Å². The van der Waals surface area contributed by atoms with E-state index in [0.717, 1.165) is 12.5 Å². The Morgan fingerprint density at radius 3 is 2.25 bits per heavy atom. The number of carbonyl (C=O) groups is 2. The second-order valence-electron chi connectivity index (χ2n) is 5.42. The Kier molecular flexibility index (Phi) is 6.51. The molecule has 0 aliphatic rings. The molecule has 5 heteroatoms. The number of ketones is 1. The van der Waals surface area contributed by atoms with E-state index in [4.69, 9.17) is 10.8 Å². The number of Topliss-reactive ketones (excluding diaryl/α,β-unsaturated/α-hetero) is 1. The normalized spacial score (nSPS) is 13.5. The molecule has 0 fully saturated rings. The lowest BCUT2D eigenvalue weighted by Gasteiger charge is -2.15. The van der Waals surface area contributed by atoms with Gasteiger partial charge in [-0.25, -0.2) is 0 Å². The summed E-state index contributed by atoms with van der Waals surface area (Å²) >= 11 is 0. The SMILES string of the molecule is C[Si](C)(C)CCCC(=O)[C@H](N)CCC(=O)O. The van der Waals surface area contributed by atoms with Crippen LogP contribution in [0.15, 0.2) is 0 Å². The molecule has 0 bridgehead atoms. The Morgan fingerprint density at radius 1 is 1.25 bits per heavy atom. The summed E-state index contributed by atoms with van der Waals surface area (Å²) in [5.74, 6) is -0.898. The van der Waals surface area contributed by atoms with Crippen LogP contribution in [0.25, 0.3) is 0 Å². The van der Waals surface area contributed by atoms with E-state index in [2.05, 4.69) is 19.6 Å². The lowest BCUT2D eigenvalue weighted by atomic mass is 10.0. The van der Waals surface area contributed by atoms with E-state index in [1.54, 1.807) is 0 Å². The zero-order valence-corrected chi connectivity index (χ0v) is 11.5. The second-order valence-corrected chi connectivity index (χ2v) is 11.0. The van der Waals surface area contributed by atoms with Gasteiger partial charge in [0.25, 0.3) is 0 Å². The molecular weight excluding hydrogens is 222 g/mol. The van der Waals surface area contributed by atoms with Crippen molar-refractivity contribution >= 4 is 19.8 Å². The van der Waals surface area contributed by atoms with Crippen molar-refractivity contribution in [2.75, 3.05) is 0 Å². The van der Waals surface area contributed by atoms with Gasteiger partial charge in [0.1, 0.15) is 5.78 Å². The molecule has 0 rings (SSSR count). The molecule has 0 spiro atoms. The smallest absolute Gasteiger partial charge is 0.303 e. The first-order valence-electron chi connectivity index (χ1n) is 5.72. The topological polar surface area (TPSA) is 80.4 Å². The monoisotopic (exact) mass is 245 g/mol. The van der Waals surface area contributed by atoms with Gasteiger partial charge >= 0.3 is 5.97 Å². The number of nitrogens with two attached hydrogens (primary N) is 1. The van der Waals surface area contributed by atoms with Crippen LogP contribution >= 0.6 is 0 Å². The molecule has 0 aliphatic heterocycles. The summed E-state index contributed by atoms with van der Waals surface area (Å²) < 4.78 is 0. The molecule has 0 unspecified atom stereocenters. The fraction of sp³-hybridized carbons (Fsp3) is 0.818. The van der Waals surface area contributed by atoms with Gasteiger partial charge in [-0.15, -0.1) is 0 Å². The van der Waals surface area contributed by atoms with Crippen molar-refractivity contribution in [2.24, 2.45) is 5.73 Å². The van der Waals surface area contributed by atoms with E-state index in [9.17, 15) is 9.59 Å². The number of hydrogen-bond donors (Lipinski definition) is 2. The van der Waals surface area contributed by atoms with E-state index >= 15 is 0 Å². The van der Waals surface area contributed by atoms with Crippen LogP contribution in [0.1, 0.15) is 25.7 Å². The summed E-state index contributed by atoms with van der Waals surface area (Å²) in [4.78, 5) is 21.8. The van der Waals surface area contributed by atoms with E-state index in [0.29, 0.717) is 6.42 Å². The van der Waals surface area contributed by atoms with Crippen LogP contribution in [0.4, 0.5) is 0 Å². The molecule has 1 atom stereocenters. The quantitative estimate of drug-likeness (QED) is 0.640. The van der Waals surface area contributed by atoms with Crippen LogP contribution < -0.4 is 5.73 Å². The maximum atomic E-state index is 11.5. The maximum absolute atomic E-state index is 11.5. The first-order chi connectivity index (χ1) is 7.22. The van der Waals surface area contributed by atoms with Crippen LogP contribution in [-0.2, 0) is 9.59 Å². The number of carbonyl (C=O) groups excluding carboxylic acids is 1. The number of carboxylic acid groups (broad SMARTS) is 1. The molecule has 0 heterocycles. The molecule has 0 saturated heterocycles. The minimum atomic E-state index is -1.08. The van der Waals surface area contributed by atoms with Gasteiger partial charge in [0.2, 0.25) is 0 Å². The molecule has 0 aromatic heterocycles. The average Bonchev–Trinajstić information content (AvgIpc) is 2.11. The number of hydrogen-bond acceptors (Lipinski definition) is 3. The first-order valence-corrected chi connectivity index (χ1v) is 9.43. The highest BCUT2D eigenvalue weighted by Gasteiger charge is 2.17. The van der Waals surface area contributed by atoms with Crippen LogP contribution in [0.2, 0.25) is 25.7 Å². The van der Waals surface area contributed by atoms with Crippen molar-refractivity contribution in [1.29, 1.82) is 0 Å². The summed E-state index contributed by atoms with van der Waals surface area (Å²) in [6, 6.07) is 0.516. The zero-order chi connectivity index (χ0) is 12.8. The van der Waals surface area contributed by atoms with Crippen molar-refractivity contribution in [3.63, 3.8) is 0 Å². The molecule has 0 amide bonds. The molecule has 0 aromatic rings. The van der Waals surface area contributed by atoms with Crippen molar-refractivity contribution in [3.05, 3.63) is 0 Å². The third-order valence-corrected chi connectivity index (χ3v) is 4.29. The van der Waals surface area contributed by atoms with Gasteiger partial charge in [0, 0.05) is 20.9 Å². The summed E-state index contributed by atoms with van der Waals surface area (Å²) in [7, 11) is -1.08. The van der Waals surface area contributed by atoms with E-state index in [-0.39, 0.29) is 18.6 Å². The molecule has 94 valence electrons. The minimum absolute atomic E-state index is 0.000463. The minimum Gasteiger partial charge on any atom is -0.481 e. The number of carboxylic acids is 1. The van der Waals surface area contributed by atoms with Crippen molar-refractivity contribution < 1.29 is 14.7 Å². The summed E-state index contributed by atoms with van der Waals surface area (Å²) in [5.41, 5.74) is 5.61. The van der Waals surface area contributed by atoms with E-state index < -0.39 is 20.1 Å². The molecule has 0 aliphatic carbocycles. The van der Waals surface area contributed by atoms with Crippen molar-refractivity contribution in [1.82, 2.24) is 0 Å². The Hall–Kier alpha value is -0.683. The maximum Gasteiger partial charge on any atom is 0.303 e. The second kappa shape index (κ2) is 6.80. The molecular formula is C11H23NO3Si. The lowest BCUT2D eigenvalue weighted by molar-refractivity contribution is -0.137. The molecule has 3 N–H and O–H groups in total. The zero-order valence-electron chi connectivity index (χ0n) is 10.5. The largest absolute Gasteiger partial charge is 0.481 e. The number of rotatable bonds is 8. The predicted octanol–water partition coefficient (Wildman–Crippen LogP) is 1.87. The molecule has 0 saturated carbocycles. The summed E-state index contributed by atoms with van der Waals surface area (Å²) in [6.45, 7) is 6.80. The third kappa shape index (κ3) is 8.61. The lowest BCUT2D eigenvalue weighted by Crippen LogP contribution is -2.31. The van der Waals surface area contributed by atoms with Gasteiger partial charge in [0.05, 0.1) is 6.04 Å². The highest BCUT2D eigenvalue weighted by atomic mass is 28.3. The molecule has 16 heavy (non-hydrogen) atoms. The highest BCUT2D eigenvalue weighted by molar-refractivity contribution is 6.76. The van der Waals surface area contributed by atoms with Crippen LogP contribution in [0.5, 0.6) is 0 Å². The molecule has 4 nitrogen and oxygen atoms in total. The summed E-state index contributed by atoms with van der Waals surface area (Å²) in [5, 5.41) is 8.47. The Labute approximate surface area is 98.2 Å². The molecule has 0 radical (unpaired) electrons. The van der Waals surface area contributed by atoms with Gasteiger partial charge in [-0.3, -0.25) is 9.59 Å². The van der Waals surface area contributed by atoms with Crippen LogP contribution in [0.3, 0.4) is 0 Å². The van der Waals surface area contributed by atoms with Gasteiger partial charge in [0.15, 0.2) is 0 Å². The number of aliphatic carboxylic acids is 1. The fourth-order valence-corrected chi connectivity index (χ4v) is 2.66. The highest BCUT2D eigenvalue weighted by Crippen LogP contribution is 2.13. The van der Waals surface area contributed by atoms with Gasteiger partial charge in [-0.2, -0.15) is 0 Å². The molecule has 0 aromatic carbocycles. The van der Waals surface area contributed by atoms with Crippen molar-refractivity contribution in [3.8, 4) is 0 Å². The van der Waals surface area contributed by atoms with Gasteiger partial charge < -0.3 is 10.8 Å². The predicted molar refractivity (Wildman–Crippen MR) is 67.2 cm³/mol. The summed E-state index contributed by atoms with van der Waals surface area (Å²) in [6.07, 6.45) is 1.60.